The van der Waals surface area contributed by atoms with Gasteiger partial charge in [-0.25, -0.2) is 4.79 Å². The van der Waals surface area contributed by atoms with Gasteiger partial charge in [-0.15, -0.1) is 0 Å². The van der Waals surface area contributed by atoms with Crippen LogP contribution in [0.3, 0.4) is 0 Å². The largest absolute Gasteiger partial charge is 0.489 e. The Hall–Kier alpha value is -2.61. The highest BCUT2D eigenvalue weighted by molar-refractivity contribution is 6.30. The molecule has 2 aliphatic heterocycles. The van der Waals surface area contributed by atoms with Gasteiger partial charge in [0.05, 0.1) is 11.6 Å². The number of carboxylic acid groups (broad SMARTS) is 1. The molecule has 2 heterocycles. The third kappa shape index (κ3) is 5.32. The molecule has 2 aromatic carbocycles. The van der Waals surface area contributed by atoms with Crippen molar-refractivity contribution < 1.29 is 24.2 Å². The van der Waals surface area contributed by atoms with Gasteiger partial charge in [0.15, 0.2) is 0 Å². The van der Waals surface area contributed by atoms with Crippen molar-refractivity contribution in [2.45, 2.75) is 43.9 Å². The number of nitrogens with zero attached hydrogens (tertiary/aromatic N) is 1. The number of carboxylic acids is 1. The second kappa shape index (κ2) is 10.1. The van der Waals surface area contributed by atoms with Gasteiger partial charge < -0.3 is 19.9 Å². The highest BCUT2D eigenvalue weighted by Gasteiger charge is 2.48. The maximum absolute atomic E-state index is 13.6. The third-order valence-electron chi connectivity index (χ3n) is 6.60. The first-order valence-electron chi connectivity index (χ1n) is 11.3. The minimum absolute atomic E-state index is 0.0167. The van der Waals surface area contributed by atoms with Gasteiger partial charge in [0.25, 0.3) is 0 Å². The lowest BCUT2D eigenvalue weighted by Crippen LogP contribution is -2.61. The van der Waals surface area contributed by atoms with Crippen LogP contribution < -0.4 is 10.1 Å². The summed E-state index contributed by atoms with van der Waals surface area (Å²) < 4.78 is 11.7. The first-order chi connectivity index (χ1) is 15.9. The van der Waals surface area contributed by atoms with E-state index in [0.717, 1.165) is 24.3 Å². The lowest BCUT2D eigenvalue weighted by molar-refractivity contribution is -0.140. The fourth-order valence-corrected chi connectivity index (χ4v) is 4.85. The average molecular weight is 473 g/mol. The van der Waals surface area contributed by atoms with Crippen LogP contribution >= 0.6 is 11.6 Å². The first kappa shape index (κ1) is 23.5. The zero-order valence-electron chi connectivity index (χ0n) is 18.6. The van der Waals surface area contributed by atoms with Crippen molar-refractivity contribution in [3.8, 4) is 5.75 Å². The maximum Gasteiger partial charge on any atom is 0.335 e. The van der Waals surface area contributed by atoms with Crippen LogP contribution in [0.5, 0.6) is 5.75 Å². The second-order valence-electron chi connectivity index (χ2n) is 8.70. The third-order valence-corrected chi connectivity index (χ3v) is 6.83. The Kier molecular flexibility index (Phi) is 7.22. The Morgan fingerprint density at radius 1 is 1.21 bits per heavy atom. The van der Waals surface area contributed by atoms with Crippen LogP contribution in [0.2, 0.25) is 5.02 Å². The number of hydrogen-bond acceptors (Lipinski definition) is 5. The number of carbonyl (C=O) groups is 2. The Bertz CT molecular complexity index is 991. The molecule has 2 fully saturated rings. The highest BCUT2D eigenvalue weighted by atomic mass is 35.5. The zero-order chi connectivity index (χ0) is 23.4. The molecule has 0 spiro atoms. The molecule has 2 atom stereocenters. The first-order valence-corrected chi connectivity index (χ1v) is 11.6. The normalized spacial score (nSPS) is 21.3. The summed E-state index contributed by atoms with van der Waals surface area (Å²) in [5.74, 6) is -0.259. The summed E-state index contributed by atoms with van der Waals surface area (Å²) in [4.78, 5) is 27.0. The highest BCUT2D eigenvalue weighted by Crippen LogP contribution is 2.34. The van der Waals surface area contributed by atoms with Crippen LogP contribution in [0.15, 0.2) is 48.5 Å². The molecule has 2 aliphatic rings. The molecule has 2 saturated heterocycles. The summed E-state index contributed by atoms with van der Waals surface area (Å²) in [6.07, 6.45) is 2.05. The number of amides is 1. The molecule has 176 valence electrons. The summed E-state index contributed by atoms with van der Waals surface area (Å²) >= 11 is 6.08. The average Bonchev–Trinajstić information content (AvgIpc) is 3.28. The molecule has 1 amide bonds. The number of aromatic carboxylic acids is 1. The minimum Gasteiger partial charge on any atom is -0.489 e. The van der Waals surface area contributed by atoms with E-state index in [1.807, 2.05) is 25.1 Å². The molecule has 4 rings (SSSR count). The predicted molar refractivity (Wildman–Crippen MR) is 125 cm³/mol. The van der Waals surface area contributed by atoms with Gasteiger partial charge in [-0.3, -0.25) is 9.69 Å². The van der Waals surface area contributed by atoms with Crippen LogP contribution in [-0.4, -0.2) is 59.8 Å². The lowest BCUT2D eigenvalue weighted by Gasteiger charge is -2.43. The lowest BCUT2D eigenvalue weighted by atomic mass is 9.86. The Morgan fingerprint density at radius 3 is 2.61 bits per heavy atom. The molecule has 2 N–H and O–H groups in total. The van der Waals surface area contributed by atoms with Crippen molar-refractivity contribution in [2.75, 3.05) is 26.3 Å². The van der Waals surface area contributed by atoms with E-state index in [0.29, 0.717) is 37.6 Å². The smallest absolute Gasteiger partial charge is 0.335 e. The molecule has 0 radical (unpaired) electrons. The standard InChI is InChI=1S/C25H29ClN2O5/c1-17(18-5-7-19(8-6-18)23(29)30)27-24(31)25(10-13-32-14-11-25)28-12-9-22(16-28)33-21-4-2-3-20(26)15-21/h2-8,15,17,22H,9-14,16H2,1H3,(H,27,31)(H,29,30)/t17?,22-/m0/s1. The topological polar surface area (TPSA) is 88.1 Å². The molecular formula is C25H29ClN2O5. The van der Waals surface area contributed by atoms with E-state index in [-0.39, 0.29) is 23.6 Å². The van der Waals surface area contributed by atoms with E-state index in [1.165, 1.54) is 0 Å². The molecule has 33 heavy (non-hydrogen) atoms. The van der Waals surface area contributed by atoms with Crippen LogP contribution in [0.1, 0.15) is 48.1 Å². The number of likely N-dealkylation sites (tertiary alicyclic amines) is 1. The van der Waals surface area contributed by atoms with Crippen molar-refractivity contribution in [1.29, 1.82) is 0 Å². The van der Waals surface area contributed by atoms with Gasteiger partial charge in [-0.2, -0.15) is 0 Å². The summed E-state index contributed by atoms with van der Waals surface area (Å²) in [6, 6.07) is 13.7. The van der Waals surface area contributed by atoms with Gasteiger partial charge in [-0.1, -0.05) is 29.8 Å². The predicted octanol–water partition coefficient (Wildman–Crippen LogP) is 3.92. The van der Waals surface area contributed by atoms with Crippen molar-refractivity contribution >= 4 is 23.5 Å². The number of carbonyl (C=O) groups excluding carboxylic acids is 1. The maximum atomic E-state index is 13.6. The fraction of sp³-hybridized carbons (Fsp3) is 0.440. The molecule has 0 aromatic heterocycles. The van der Waals surface area contributed by atoms with E-state index < -0.39 is 11.5 Å². The van der Waals surface area contributed by atoms with E-state index in [1.54, 1.807) is 30.3 Å². The van der Waals surface area contributed by atoms with Crippen LogP contribution in [0.4, 0.5) is 0 Å². The fourth-order valence-electron chi connectivity index (χ4n) is 4.67. The Labute approximate surface area is 198 Å². The van der Waals surface area contributed by atoms with E-state index in [9.17, 15) is 9.59 Å². The summed E-state index contributed by atoms with van der Waals surface area (Å²) in [5.41, 5.74) is 0.431. The molecule has 7 nitrogen and oxygen atoms in total. The van der Waals surface area contributed by atoms with Gasteiger partial charge in [0, 0.05) is 31.3 Å². The number of ether oxygens (including phenoxy) is 2. The number of benzene rings is 2. The number of nitrogens with one attached hydrogen (secondary N) is 1. The minimum atomic E-state index is -0.969. The number of hydrogen-bond donors (Lipinski definition) is 2. The monoisotopic (exact) mass is 472 g/mol. The zero-order valence-corrected chi connectivity index (χ0v) is 19.4. The van der Waals surface area contributed by atoms with Crippen molar-refractivity contribution in [3.05, 3.63) is 64.7 Å². The van der Waals surface area contributed by atoms with Crippen molar-refractivity contribution in [2.24, 2.45) is 0 Å². The molecule has 0 bridgehead atoms. The number of halogens is 1. The summed E-state index contributed by atoms with van der Waals surface area (Å²) in [5, 5.41) is 12.9. The Balaban J connectivity index is 1.45. The van der Waals surface area contributed by atoms with Gasteiger partial charge in [0.2, 0.25) is 5.91 Å². The van der Waals surface area contributed by atoms with E-state index in [4.69, 9.17) is 26.2 Å². The molecule has 0 saturated carbocycles. The second-order valence-corrected chi connectivity index (χ2v) is 9.13. The van der Waals surface area contributed by atoms with Crippen LogP contribution in [0.25, 0.3) is 0 Å². The van der Waals surface area contributed by atoms with Gasteiger partial charge in [0.1, 0.15) is 17.4 Å². The molecule has 1 unspecified atom stereocenters. The molecule has 8 heteroatoms. The van der Waals surface area contributed by atoms with E-state index >= 15 is 0 Å². The summed E-state index contributed by atoms with van der Waals surface area (Å²) in [7, 11) is 0. The van der Waals surface area contributed by atoms with Crippen LogP contribution in [-0.2, 0) is 9.53 Å². The Morgan fingerprint density at radius 2 is 1.94 bits per heavy atom. The number of rotatable bonds is 7. The molecule has 0 aliphatic carbocycles. The van der Waals surface area contributed by atoms with Gasteiger partial charge >= 0.3 is 5.97 Å². The summed E-state index contributed by atoms with van der Waals surface area (Å²) in [6.45, 7) is 4.40. The molecule has 2 aromatic rings. The molecular weight excluding hydrogens is 444 g/mol. The van der Waals surface area contributed by atoms with E-state index in [2.05, 4.69) is 10.2 Å². The van der Waals surface area contributed by atoms with Crippen molar-refractivity contribution in [3.63, 3.8) is 0 Å². The quantitative estimate of drug-likeness (QED) is 0.635. The van der Waals surface area contributed by atoms with Gasteiger partial charge in [-0.05, 0) is 62.1 Å². The van der Waals surface area contributed by atoms with Crippen LogP contribution in [0, 0.1) is 0 Å². The SMILES string of the molecule is CC(NC(=O)C1(N2CC[C@H](Oc3cccc(Cl)c3)C2)CCOCC1)c1ccc(C(=O)O)cc1. The van der Waals surface area contributed by atoms with Crippen molar-refractivity contribution in [1.82, 2.24) is 10.2 Å².